The zero-order valence-corrected chi connectivity index (χ0v) is 20.7. The summed E-state index contributed by atoms with van der Waals surface area (Å²) in [5.74, 6) is -0.0511. The van der Waals surface area contributed by atoms with E-state index in [0.717, 1.165) is 17.7 Å². The summed E-state index contributed by atoms with van der Waals surface area (Å²) in [4.78, 5) is 26.3. The van der Waals surface area contributed by atoms with Gasteiger partial charge in [0.25, 0.3) is 5.91 Å². The van der Waals surface area contributed by atoms with Gasteiger partial charge in [-0.25, -0.2) is 4.79 Å². The Kier molecular flexibility index (Phi) is 8.15. The lowest BCUT2D eigenvalue weighted by atomic mass is 9.98. The van der Waals surface area contributed by atoms with E-state index in [-0.39, 0.29) is 5.91 Å². The minimum absolute atomic E-state index is 0.181. The third-order valence-corrected chi connectivity index (χ3v) is 6.65. The summed E-state index contributed by atoms with van der Waals surface area (Å²) in [7, 11) is 0. The van der Waals surface area contributed by atoms with Crippen LogP contribution in [0.5, 0.6) is 11.5 Å². The third-order valence-electron chi connectivity index (χ3n) is 5.34. The van der Waals surface area contributed by atoms with E-state index in [4.69, 9.17) is 26.8 Å². The molecule has 0 aromatic heterocycles. The molecule has 1 heterocycles. The number of rotatable bonds is 9. The van der Waals surface area contributed by atoms with Gasteiger partial charge in [0.05, 0.1) is 17.2 Å². The number of hydrogen-bond acceptors (Lipinski definition) is 6. The summed E-state index contributed by atoms with van der Waals surface area (Å²) in [5.41, 5.74) is 2.70. The summed E-state index contributed by atoms with van der Waals surface area (Å²) in [6.07, 6.45) is 1.78. The highest BCUT2D eigenvalue weighted by molar-refractivity contribution is 8.27. The fourth-order valence-corrected chi connectivity index (χ4v) is 4.55. The maximum atomic E-state index is 13.1. The standard InChI is InChI=1S/C25H27NO5S2/c1-5-15(3)18-8-10-19(11-9-18)26-23(27)22(33-25(26)32)14-17-7-12-20(21(13-17)30-6-2)31-16(4)24(28)29/h7-16H,5-6H2,1-4H3,(H,28,29)/b22-14+. The average Bonchev–Trinajstić information content (AvgIpc) is 3.07. The molecule has 174 valence electrons. The van der Waals surface area contributed by atoms with Crippen LogP contribution in [0.2, 0.25) is 0 Å². The Morgan fingerprint density at radius 1 is 1.15 bits per heavy atom. The monoisotopic (exact) mass is 485 g/mol. The maximum absolute atomic E-state index is 13.1. The second-order valence-electron chi connectivity index (χ2n) is 7.66. The molecule has 2 aromatic carbocycles. The fourth-order valence-electron chi connectivity index (χ4n) is 3.25. The number of amides is 1. The highest BCUT2D eigenvalue weighted by atomic mass is 32.2. The van der Waals surface area contributed by atoms with Crippen molar-refractivity contribution >= 4 is 51.9 Å². The van der Waals surface area contributed by atoms with Crippen molar-refractivity contribution in [3.05, 3.63) is 58.5 Å². The summed E-state index contributed by atoms with van der Waals surface area (Å²) < 4.78 is 11.6. The van der Waals surface area contributed by atoms with Gasteiger partial charge >= 0.3 is 5.97 Å². The van der Waals surface area contributed by atoms with Gasteiger partial charge in [-0.05, 0) is 67.7 Å². The first-order chi connectivity index (χ1) is 15.7. The van der Waals surface area contributed by atoms with E-state index >= 15 is 0 Å². The molecule has 1 saturated heterocycles. The number of anilines is 1. The molecule has 8 heteroatoms. The molecule has 0 radical (unpaired) electrons. The molecule has 2 unspecified atom stereocenters. The van der Waals surface area contributed by atoms with Gasteiger partial charge in [0.1, 0.15) is 0 Å². The number of hydrogen-bond donors (Lipinski definition) is 1. The Hall–Kier alpha value is -2.84. The van der Waals surface area contributed by atoms with Gasteiger partial charge in [0.15, 0.2) is 21.9 Å². The summed E-state index contributed by atoms with van der Waals surface area (Å²) in [5, 5.41) is 9.10. The van der Waals surface area contributed by atoms with E-state index in [1.54, 1.807) is 29.2 Å². The zero-order valence-electron chi connectivity index (χ0n) is 19.0. The number of aliphatic carboxylic acids is 1. The zero-order chi connectivity index (χ0) is 24.1. The SMILES string of the molecule is CCOc1cc(/C=C2/SC(=S)N(c3ccc(C(C)CC)cc3)C2=O)ccc1OC(C)C(=O)O. The van der Waals surface area contributed by atoms with E-state index in [9.17, 15) is 9.59 Å². The lowest BCUT2D eigenvalue weighted by Crippen LogP contribution is -2.27. The van der Waals surface area contributed by atoms with Gasteiger partial charge in [-0.3, -0.25) is 9.69 Å². The Balaban J connectivity index is 1.85. The number of thiocarbonyl (C=S) groups is 1. The molecular formula is C25H27NO5S2. The fraction of sp³-hybridized carbons (Fsp3) is 0.320. The summed E-state index contributed by atoms with van der Waals surface area (Å²) >= 11 is 6.73. The predicted molar refractivity (Wildman–Crippen MR) is 136 cm³/mol. The van der Waals surface area contributed by atoms with Crippen molar-refractivity contribution < 1.29 is 24.2 Å². The van der Waals surface area contributed by atoms with Crippen molar-refractivity contribution in [3.8, 4) is 11.5 Å². The molecule has 2 aromatic rings. The molecular weight excluding hydrogens is 458 g/mol. The van der Waals surface area contributed by atoms with Crippen molar-refractivity contribution in [2.24, 2.45) is 0 Å². The van der Waals surface area contributed by atoms with Crippen molar-refractivity contribution in [1.82, 2.24) is 0 Å². The van der Waals surface area contributed by atoms with E-state index in [1.807, 2.05) is 31.2 Å². The smallest absolute Gasteiger partial charge is 0.344 e. The van der Waals surface area contributed by atoms with Crippen LogP contribution in [0.15, 0.2) is 47.4 Å². The minimum atomic E-state index is -1.07. The summed E-state index contributed by atoms with van der Waals surface area (Å²) in [6.45, 7) is 7.98. The molecule has 1 aliphatic heterocycles. The van der Waals surface area contributed by atoms with E-state index in [1.165, 1.54) is 24.2 Å². The van der Waals surface area contributed by atoms with Crippen LogP contribution in [0.1, 0.15) is 51.2 Å². The van der Waals surface area contributed by atoms with Gasteiger partial charge in [-0.2, -0.15) is 0 Å². The molecule has 1 fully saturated rings. The second-order valence-corrected chi connectivity index (χ2v) is 9.33. The Bertz CT molecular complexity index is 1080. The molecule has 0 saturated carbocycles. The number of nitrogens with zero attached hydrogens (tertiary/aromatic N) is 1. The first-order valence-electron chi connectivity index (χ1n) is 10.8. The maximum Gasteiger partial charge on any atom is 0.344 e. The van der Waals surface area contributed by atoms with Crippen molar-refractivity contribution in [3.63, 3.8) is 0 Å². The largest absolute Gasteiger partial charge is 0.490 e. The average molecular weight is 486 g/mol. The van der Waals surface area contributed by atoms with Crippen LogP contribution < -0.4 is 14.4 Å². The number of carboxylic acid groups (broad SMARTS) is 1. The number of carboxylic acids is 1. The molecule has 3 rings (SSSR count). The van der Waals surface area contributed by atoms with Crippen LogP contribution in [0.3, 0.4) is 0 Å². The van der Waals surface area contributed by atoms with Crippen molar-refractivity contribution in [2.45, 2.75) is 46.1 Å². The first kappa shape index (κ1) is 24.8. The van der Waals surface area contributed by atoms with Crippen molar-refractivity contribution in [2.75, 3.05) is 11.5 Å². The van der Waals surface area contributed by atoms with Crippen LogP contribution in [0.25, 0.3) is 6.08 Å². The minimum Gasteiger partial charge on any atom is -0.490 e. The van der Waals surface area contributed by atoms with Gasteiger partial charge in [0.2, 0.25) is 0 Å². The molecule has 1 N–H and O–H groups in total. The molecule has 6 nitrogen and oxygen atoms in total. The molecule has 33 heavy (non-hydrogen) atoms. The van der Waals surface area contributed by atoms with Gasteiger partial charge in [0, 0.05) is 0 Å². The quantitative estimate of drug-likeness (QED) is 0.352. The van der Waals surface area contributed by atoms with Gasteiger partial charge in [-0.1, -0.05) is 56.0 Å². The topological polar surface area (TPSA) is 76.1 Å². The van der Waals surface area contributed by atoms with Crippen LogP contribution in [0, 0.1) is 0 Å². The van der Waals surface area contributed by atoms with E-state index in [0.29, 0.717) is 33.2 Å². The lowest BCUT2D eigenvalue weighted by Gasteiger charge is -2.16. The van der Waals surface area contributed by atoms with E-state index in [2.05, 4.69) is 13.8 Å². The number of carbonyl (C=O) groups is 2. The van der Waals surface area contributed by atoms with Crippen LogP contribution >= 0.6 is 24.0 Å². The first-order valence-corrected chi connectivity index (χ1v) is 12.0. The number of thioether (sulfide) groups is 1. The molecule has 1 amide bonds. The molecule has 0 aliphatic carbocycles. The predicted octanol–water partition coefficient (Wildman–Crippen LogP) is 5.86. The Morgan fingerprint density at radius 2 is 1.85 bits per heavy atom. The van der Waals surface area contributed by atoms with Crippen LogP contribution in [-0.2, 0) is 9.59 Å². The van der Waals surface area contributed by atoms with Gasteiger partial charge in [-0.15, -0.1) is 0 Å². The van der Waals surface area contributed by atoms with E-state index < -0.39 is 12.1 Å². The number of ether oxygens (including phenoxy) is 2. The second kappa shape index (κ2) is 10.9. The highest BCUT2D eigenvalue weighted by Crippen LogP contribution is 2.38. The third kappa shape index (κ3) is 5.75. The van der Waals surface area contributed by atoms with Crippen LogP contribution in [0.4, 0.5) is 5.69 Å². The lowest BCUT2D eigenvalue weighted by molar-refractivity contribution is -0.144. The molecule has 2 atom stereocenters. The molecule has 1 aliphatic rings. The Morgan fingerprint density at radius 3 is 2.45 bits per heavy atom. The highest BCUT2D eigenvalue weighted by Gasteiger charge is 2.33. The normalized spacial score (nSPS) is 16.7. The van der Waals surface area contributed by atoms with Gasteiger partial charge < -0.3 is 14.6 Å². The number of carbonyl (C=O) groups excluding carboxylic acids is 1. The van der Waals surface area contributed by atoms with Crippen LogP contribution in [-0.4, -0.2) is 34.0 Å². The molecule has 0 spiro atoms. The molecule has 0 bridgehead atoms. The van der Waals surface area contributed by atoms with Crippen molar-refractivity contribution in [1.29, 1.82) is 0 Å². The Labute approximate surface area is 203 Å². The number of benzene rings is 2. The summed E-state index contributed by atoms with van der Waals surface area (Å²) in [6, 6.07) is 13.1.